The number of carbonyl (C=O) groups excluding carboxylic acids is 2. The molecule has 0 bridgehead atoms. The third-order valence-electron chi connectivity index (χ3n) is 7.67. The Morgan fingerprint density at radius 2 is 1.86 bits per heavy atom. The van der Waals surface area contributed by atoms with Gasteiger partial charge in [0.2, 0.25) is 5.91 Å². The summed E-state index contributed by atoms with van der Waals surface area (Å²) >= 11 is 0. The van der Waals surface area contributed by atoms with Gasteiger partial charge < -0.3 is 19.9 Å². The van der Waals surface area contributed by atoms with Crippen LogP contribution in [0, 0.1) is 11.3 Å². The van der Waals surface area contributed by atoms with Crippen molar-refractivity contribution in [1.82, 2.24) is 15.1 Å². The SMILES string of the molecule is CCOC(=O)N1CC[C@]2(C1)C[C@H](N1CCC(C(=O)NC3(CF)CCC3)CC1)C2. The summed E-state index contributed by atoms with van der Waals surface area (Å²) in [5.74, 6) is 0.0862. The van der Waals surface area contributed by atoms with Crippen molar-refractivity contribution in [2.75, 3.05) is 39.5 Å². The van der Waals surface area contributed by atoms with Crippen LogP contribution in [0.2, 0.25) is 0 Å². The Morgan fingerprint density at radius 1 is 1.14 bits per heavy atom. The van der Waals surface area contributed by atoms with Crippen molar-refractivity contribution in [2.24, 2.45) is 11.3 Å². The lowest BCUT2D eigenvalue weighted by Crippen LogP contribution is -2.58. The lowest BCUT2D eigenvalue weighted by Gasteiger charge is -2.51. The molecule has 1 N–H and O–H groups in total. The Bertz CT molecular complexity index is 590. The van der Waals surface area contributed by atoms with E-state index >= 15 is 0 Å². The van der Waals surface area contributed by atoms with Crippen molar-refractivity contribution in [2.45, 2.75) is 69.9 Å². The summed E-state index contributed by atoms with van der Waals surface area (Å²) in [4.78, 5) is 28.9. The number of amides is 2. The number of hydrogen-bond donors (Lipinski definition) is 1. The first-order valence-corrected chi connectivity index (χ1v) is 11.0. The lowest BCUT2D eigenvalue weighted by atomic mass is 9.64. The molecule has 2 amide bonds. The van der Waals surface area contributed by atoms with Gasteiger partial charge in [0.15, 0.2) is 0 Å². The summed E-state index contributed by atoms with van der Waals surface area (Å²) in [5, 5.41) is 3.00. The smallest absolute Gasteiger partial charge is 0.409 e. The van der Waals surface area contributed by atoms with E-state index < -0.39 is 12.2 Å². The summed E-state index contributed by atoms with van der Waals surface area (Å²) in [6.45, 7) is 5.36. The third-order valence-corrected chi connectivity index (χ3v) is 7.67. The van der Waals surface area contributed by atoms with E-state index in [0.717, 1.165) is 77.5 Å². The van der Waals surface area contributed by atoms with E-state index in [1.165, 1.54) is 0 Å². The van der Waals surface area contributed by atoms with Gasteiger partial charge >= 0.3 is 6.09 Å². The fourth-order valence-corrected chi connectivity index (χ4v) is 5.62. The highest BCUT2D eigenvalue weighted by Crippen LogP contribution is 2.50. The van der Waals surface area contributed by atoms with Gasteiger partial charge in [-0.2, -0.15) is 0 Å². The first-order valence-electron chi connectivity index (χ1n) is 11.0. The number of nitrogens with zero attached hydrogens (tertiary/aromatic N) is 2. The van der Waals surface area contributed by atoms with Crippen LogP contribution in [0.5, 0.6) is 0 Å². The van der Waals surface area contributed by atoms with Crippen LogP contribution in [0.1, 0.15) is 58.3 Å². The van der Waals surface area contributed by atoms with Gasteiger partial charge in [-0.1, -0.05) is 0 Å². The van der Waals surface area contributed by atoms with Gasteiger partial charge in [0.05, 0.1) is 12.1 Å². The van der Waals surface area contributed by atoms with Crippen LogP contribution in [-0.4, -0.2) is 72.8 Å². The number of carbonyl (C=O) groups is 2. The second-order valence-corrected chi connectivity index (χ2v) is 9.50. The maximum atomic E-state index is 13.3. The largest absolute Gasteiger partial charge is 0.450 e. The molecular weight excluding hydrogens is 361 g/mol. The Hall–Kier alpha value is -1.37. The van der Waals surface area contributed by atoms with Crippen LogP contribution in [0.3, 0.4) is 0 Å². The molecule has 0 aromatic rings. The van der Waals surface area contributed by atoms with E-state index in [1.54, 1.807) is 0 Å². The average molecular weight is 396 g/mol. The predicted molar refractivity (Wildman–Crippen MR) is 104 cm³/mol. The molecule has 0 radical (unpaired) electrons. The standard InChI is InChI=1S/C21H34FN3O3/c1-2-28-19(27)25-11-8-20(15-25)12-17(13-20)24-9-4-16(5-10-24)18(26)23-21(14-22)6-3-7-21/h16-17H,2-15H2,1H3,(H,23,26)/t17-,20-. The highest BCUT2D eigenvalue weighted by molar-refractivity contribution is 5.79. The topological polar surface area (TPSA) is 61.9 Å². The molecule has 1 spiro atoms. The number of rotatable bonds is 5. The third kappa shape index (κ3) is 3.74. The van der Waals surface area contributed by atoms with E-state index in [0.29, 0.717) is 12.6 Å². The molecule has 158 valence electrons. The highest BCUT2D eigenvalue weighted by Gasteiger charge is 2.51. The maximum Gasteiger partial charge on any atom is 0.409 e. The van der Waals surface area contributed by atoms with Gasteiger partial charge in [0.1, 0.15) is 6.67 Å². The van der Waals surface area contributed by atoms with Gasteiger partial charge in [0.25, 0.3) is 0 Å². The first kappa shape index (κ1) is 19.9. The zero-order chi connectivity index (χ0) is 19.8. The van der Waals surface area contributed by atoms with Crippen molar-refractivity contribution in [1.29, 1.82) is 0 Å². The fraction of sp³-hybridized carbons (Fsp3) is 0.905. The van der Waals surface area contributed by atoms with Gasteiger partial charge in [-0.15, -0.1) is 0 Å². The zero-order valence-corrected chi connectivity index (χ0v) is 17.1. The summed E-state index contributed by atoms with van der Waals surface area (Å²) < 4.78 is 18.4. The number of halogens is 1. The lowest BCUT2D eigenvalue weighted by molar-refractivity contribution is -0.130. The van der Waals surface area contributed by atoms with E-state index in [-0.39, 0.29) is 23.3 Å². The van der Waals surface area contributed by atoms with Crippen LogP contribution in [0.4, 0.5) is 9.18 Å². The van der Waals surface area contributed by atoms with E-state index in [9.17, 15) is 14.0 Å². The molecule has 0 unspecified atom stereocenters. The molecule has 4 rings (SSSR count). The van der Waals surface area contributed by atoms with E-state index in [1.807, 2.05) is 11.8 Å². The van der Waals surface area contributed by atoms with Crippen molar-refractivity contribution in [3.05, 3.63) is 0 Å². The van der Waals surface area contributed by atoms with Crippen molar-refractivity contribution in [3.8, 4) is 0 Å². The Labute approximate surface area is 167 Å². The molecule has 4 fully saturated rings. The predicted octanol–water partition coefficient (Wildman–Crippen LogP) is 2.72. The van der Waals surface area contributed by atoms with E-state index in [4.69, 9.17) is 4.74 Å². The van der Waals surface area contributed by atoms with Crippen LogP contribution in [-0.2, 0) is 9.53 Å². The minimum atomic E-state index is -0.554. The normalized spacial score (nSPS) is 32.6. The molecule has 0 aromatic heterocycles. The molecule has 6 nitrogen and oxygen atoms in total. The van der Waals surface area contributed by atoms with Crippen molar-refractivity contribution < 1.29 is 18.7 Å². The molecule has 0 aromatic carbocycles. The minimum absolute atomic E-state index is 0.0279. The summed E-state index contributed by atoms with van der Waals surface area (Å²) in [6.07, 6.45) is 7.50. The number of hydrogen-bond acceptors (Lipinski definition) is 4. The molecule has 2 aliphatic carbocycles. The zero-order valence-electron chi connectivity index (χ0n) is 17.1. The molecule has 28 heavy (non-hydrogen) atoms. The Kier molecular flexibility index (Phi) is 5.55. The highest BCUT2D eigenvalue weighted by atomic mass is 19.1. The van der Waals surface area contributed by atoms with Crippen LogP contribution < -0.4 is 5.32 Å². The maximum absolute atomic E-state index is 13.3. The summed E-state index contributed by atoms with van der Waals surface area (Å²) in [6, 6.07) is 0.579. The average Bonchev–Trinajstić information content (AvgIpc) is 3.10. The summed E-state index contributed by atoms with van der Waals surface area (Å²) in [7, 11) is 0. The quantitative estimate of drug-likeness (QED) is 0.778. The monoisotopic (exact) mass is 395 g/mol. The molecule has 2 heterocycles. The molecule has 2 saturated carbocycles. The molecule has 7 heteroatoms. The Morgan fingerprint density at radius 3 is 2.43 bits per heavy atom. The van der Waals surface area contributed by atoms with Crippen LogP contribution in [0.15, 0.2) is 0 Å². The number of likely N-dealkylation sites (tertiary alicyclic amines) is 2. The molecule has 0 atom stereocenters. The second kappa shape index (κ2) is 7.81. The number of piperidine rings is 1. The van der Waals surface area contributed by atoms with Gasteiger partial charge in [-0.25, -0.2) is 9.18 Å². The van der Waals surface area contributed by atoms with Crippen LogP contribution >= 0.6 is 0 Å². The van der Waals surface area contributed by atoms with Crippen molar-refractivity contribution >= 4 is 12.0 Å². The second-order valence-electron chi connectivity index (χ2n) is 9.50. The molecule has 2 aliphatic heterocycles. The summed E-state index contributed by atoms with van der Waals surface area (Å²) in [5.41, 5.74) is -0.273. The molecular formula is C21H34FN3O3. The number of ether oxygens (including phenoxy) is 1. The van der Waals surface area contributed by atoms with Gasteiger partial charge in [0, 0.05) is 25.0 Å². The van der Waals surface area contributed by atoms with Crippen molar-refractivity contribution in [3.63, 3.8) is 0 Å². The van der Waals surface area contributed by atoms with Gasteiger partial charge in [-0.05, 0) is 76.8 Å². The minimum Gasteiger partial charge on any atom is -0.450 e. The molecule has 4 aliphatic rings. The van der Waals surface area contributed by atoms with Gasteiger partial charge in [-0.3, -0.25) is 4.79 Å². The fourth-order valence-electron chi connectivity index (χ4n) is 5.62. The Balaban J connectivity index is 1.20. The van der Waals surface area contributed by atoms with E-state index in [2.05, 4.69) is 10.2 Å². The number of alkyl halides is 1. The number of nitrogens with one attached hydrogen (secondary N) is 1. The first-order chi connectivity index (χ1) is 13.5. The molecule has 2 saturated heterocycles. The van der Waals surface area contributed by atoms with Crippen LogP contribution in [0.25, 0.3) is 0 Å².